The molecule has 0 aliphatic carbocycles. The highest BCUT2D eigenvalue weighted by molar-refractivity contribution is 5.80. The first-order valence-corrected chi connectivity index (χ1v) is 3.94. The van der Waals surface area contributed by atoms with Crippen molar-refractivity contribution < 1.29 is 24.5 Å². The van der Waals surface area contributed by atoms with Crippen molar-refractivity contribution in [3.8, 4) is 0 Å². The van der Waals surface area contributed by atoms with Crippen LogP contribution in [0.5, 0.6) is 0 Å². The summed E-state index contributed by atoms with van der Waals surface area (Å²) in [6, 6.07) is -1.37. The van der Waals surface area contributed by atoms with Gasteiger partial charge in [0.2, 0.25) is 0 Å². The molecule has 6 nitrogen and oxygen atoms in total. The van der Waals surface area contributed by atoms with Crippen LogP contribution in [-0.2, 0) is 9.53 Å². The predicted molar refractivity (Wildman–Crippen MR) is 47.8 cm³/mol. The summed E-state index contributed by atoms with van der Waals surface area (Å²) in [6.07, 6.45) is -0.750. The molecule has 0 heterocycles. The Labute approximate surface area is 81.2 Å². The molecule has 0 aromatic heterocycles. The quantitative estimate of drug-likeness (QED) is 0.534. The molecule has 0 radical (unpaired) electrons. The minimum absolute atomic E-state index is 0.0159. The average molecular weight is 203 g/mol. The first kappa shape index (κ1) is 12.4. The Bertz CT molecular complexity index is 226. The van der Waals surface area contributed by atoms with Crippen molar-refractivity contribution in [1.82, 2.24) is 5.32 Å². The number of carboxylic acids is 1. The van der Waals surface area contributed by atoms with Gasteiger partial charge >= 0.3 is 12.1 Å². The van der Waals surface area contributed by atoms with Crippen molar-refractivity contribution in [3.05, 3.63) is 12.7 Å². The first-order chi connectivity index (χ1) is 6.49. The number of aliphatic hydroxyl groups excluding tert-OH is 1. The second kappa shape index (κ2) is 5.98. The average Bonchev–Trinajstić information content (AvgIpc) is 2.09. The summed E-state index contributed by atoms with van der Waals surface area (Å²) in [5, 5.41) is 19.5. The van der Waals surface area contributed by atoms with Gasteiger partial charge in [-0.15, -0.1) is 0 Å². The molecule has 0 aliphatic heterocycles. The smallest absolute Gasteiger partial charge is 0.408 e. The first-order valence-electron chi connectivity index (χ1n) is 3.94. The molecule has 2 unspecified atom stereocenters. The third kappa shape index (κ3) is 4.46. The van der Waals surface area contributed by atoms with E-state index in [-0.39, 0.29) is 6.61 Å². The fourth-order valence-electron chi connectivity index (χ4n) is 0.692. The molecule has 2 atom stereocenters. The van der Waals surface area contributed by atoms with Crippen LogP contribution in [0, 0.1) is 0 Å². The van der Waals surface area contributed by atoms with E-state index in [0.717, 1.165) is 0 Å². The van der Waals surface area contributed by atoms with Crippen LogP contribution in [0.15, 0.2) is 12.7 Å². The standard InChI is InChI=1S/C8H13NO5/c1-3-4-14-8(13)9-6(5(2)10)7(11)12/h3,5-6,10H,1,4H2,2H3,(H,9,13)(H,11,12). The van der Waals surface area contributed by atoms with Crippen LogP contribution in [0.2, 0.25) is 0 Å². The summed E-state index contributed by atoms with van der Waals surface area (Å²) in [4.78, 5) is 21.4. The van der Waals surface area contributed by atoms with E-state index in [4.69, 9.17) is 10.2 Å². The zero-order chi connectivity index (χ0) is 11.1. The highest BCUT2D eigenvalue weighted by Crippen LogP contribution is 1.93. The molecule has 0 bridgehead atoms. The number of rotatable bonds is 5. The van der Waals surface area contributed by atoms with Gasteiger partial charge < -0.3 is 20.3 Å². The van der Waals surface area contributed by atoms with Crippen molar-refractivity contribution in [1.29, 1.82) is 0 Å². The second-order valence-corrected chi connectivity index (χ2v) is 2.59. The van der Waals surface area contributed by atoms with E-state index in [2.05, 4.69) is 11.3 Å². The maximum atomic E-state index is 10.9. The number of amides is 1. The molecule has 80 valence electrons. The van der Waals surface area contributed by atoms with Crippen molar-refractivity contribution in [3.63, 3.8) is 0 Å². The molecule has 0 aromatic rings. The Morgan fingerprint density at radius 2 is 2.21 bits per heavy atom. The minimum Gasteiger partial charge on any atom is -0.480 e. The van der Waals surface area contributed by atoms with E-state index in [1.165, 1.54) is 13.0 Å². The number of carbonyl (C=O) groups excluding carboxylic acids is 1. The van der Waals surface area contributed by atoms with Gasteiger partial charge in [0.05, 0.1) is 6.10 Å². The molecule has 0 saturated carbocycles. The lowest BCUT2D eigenvalue weighted by molar-refractivity contribution is -0.141. The zero-order valence-corrected chi connectivity index (χ0v) is 7.77. The Balaban J connectivity index is 4.09. The van der Waals surface area contributed by atoms with Crippen LogP contribution in [0.1, 0.15) is 6.92 Å². The Morgan fingerprint density at radius 3 is 2.57 bits per heavy atom. The minimum atomic E-state index is -1.37. The number of aliphatic hydroxyl groups is 1. The Hall–Kier alpha value is -1.56. The molecule has 3 N–H and O–H groups in total. The van der Waals surface area contributed by atoms with Gasteiger partial charge in [-0.2, -0.15) is 0 Å². The largest absolute Gasteiger partial charge is 0.480 e. The summed E-state index contributed by atoms with van der Waals surface area (Å²) in [5.74, 6) is -1.32. The number of carboxylic acid groups (broad SMARTS) is 1. The lowest BCUT2D eigenvalue weighted by Crippen LogP contribution is -2.47. The zero-order valence-electron chi connectivity index (χ0n) is 7.77. The molecule has 0 saturated heterocycles. The van der Waals surface area contributed by atoms with Gasteiger partial charge in [0.1, 0.15) is 6.61 Å². The number of alkyl carbamates (subject to hydrolysis) is 1. The van der Waals surface area contributed by atoms with Crippen LogP contribution in [0.3, 0.4) is 0 Å². The lowest BCUT2D eigenvalue weighted by atomic mass is 10.2. The van der Waals surface area contributed by atoms with E-state index >= 15 is 0 Å². The summed E-state index contributed by atoms with van der Waals surface area (Å²) in [6.45, 7) is 4.55. The maximum absolute atomic E-state index is 10.9. The summed E-state index contributed by atoms with van der Waals surface area (Å²) in [7, 11) is 0. The molecule has 6 heteroatoms. The summed E-state index contributed by atoms with van der Waals surface area (Å²) in [5.41, 5.74) is 0. The van der Waals surface area contributed by atoms with Crippen LogP contribution in [-0.4, -0.2) is 41.0 Å². The van der Waals surface area contributed by atoms with E-state index < -0.39 is 24.2 Å². The highest BCUT2D eigenvalue weighted by Gasteiger charge is 2.25. The van der Waals surface area contributed by atoms with Crippen molar-refractivity contribution >= 4 is 12.1 Å². The molecule has 0 spiro atoms. The van der Waals surface area contributed by atoms with E-state index in [1.807, 2.05) is 5.32 Å². The van der Waals surface area contributed by atoms with Crippen LogP contribution in [0.25, 0.3) is 0 Å². The van der Waals surface area contributed by atoms with Gasteiger partial charge in [-0.1, -0.05) is 12.7 Å². The van der Waals surface area contributed by atoms with E-state index in [0.29, 0.717) is 0 Å². The number of carbonyl (C=O) groups is 2. The molecular formula is C8H13NO5. The third-order valence-electron chi connectivity index (χ3n) is 1.35. The highest BCUT2D eigenvalue weighted by atomic mass is 16.5. The van der Waals surface area contributed by atoms with Gasteiger partial charge in [-0.3, -0.25) is 0 Å². The Kier molecular flexibility index (Phi) is 5.31. The van der Waals surface area contributed by atoms with E-state index in [9.17, 15) is 9.59 Å². The molecular weight excluding hydrogens is 190 g/mol. The van der Waals surface area contributed by atoms with Crippen LogP contribution < -0.4 is 5.32 Å². The van der Waals surface area contributed by atoms with E-state index in [1.54, 1.807) is 0 Å². The molecule has 0 aliphatic rings. The number of hydrogen-bond acceptors (Lipinski definition) is 4. The summed E-state index contributed by atoms with van der Waals surface area (Å²) < 4.78 is 4.48. The topological polar surface area (TPSA) is 95.9 Å². The lowest BCUT2D eigenvalue weighted by Gasteiger charge is -2.16. The number of ether oxygens (including phenoxy) is 1. The van der Waals surface area contributed by atoms with Gasteiger partial charge in [0, 0.05) is 0 Å². The summed E-state index contributed by atoms with van der Waals surface area (Å²) >= 11 is 0. The van der Waals surface area contributed by atoms with Gasteiger partial charge in [0.15, 0.2) is 6.04 Å². The number of aliphatic carboxylic acids is 1. The Morgan fingerprint density at radius 1 is 1.64 bits per heavy atom. The van der Waals surface area contributed by atoms with Gasteiger partial charge in [-0.05, 0) is 6.92 Å². The van der Waals surface area contributed by atoms with Crippen molar-refractivity contribution in [2.75, 3.05) is 6.61 Å². The van der Waals surface area contributed by atoms with Crippen molar-refractivity contribution in [2.24, 2.45) is 0 Å². The van der Waals surface area contributed by atoms with Crippen LogP contribution >= 0.6 is 0 Å². The molecule has 0 aromatic carbocycles. The predicted octanol–water partition coefficient (Wildman–Crippen LogP) is -0.267. The molecule has 14 heavy (non-hydrogen) atoms. The van der Waals surface area contributed by atoms with Gasteiger partial charge in [-0.25, -0.2) is 9.59 Å². The van der Waals surface area contributed by atoms with Crippen LogP contribution in [0.4, 0.5) is 4.79 Å². The number of nitrogens with one attached hydrogen (secondary N) is 1. The molecule has 1 amide bonds. The normalized spacial score (nSPS) is 13.9. The second-order valence-electron chi connectivity index (χ2n) is 2.59. The maximum Gasteiger partial charge on any atom is 0.408 e. The molecule has 0 fully saturated rings. The number of hydrogen-bond donors (Lipinski definition) is 3. The fraction of sp³-hybridized carbons (Fsp3) is 0.500. The fourth-order valence-corrected chi connectivity index (χ4v) is 0.692. The molecule has 0 rings (SSSR count). The third-order valence-corrected chi connectivity index (χ3v) is 1.35. The SMILES string of the molecule is C=CCOC(=O)NC(C(=O)O)C(C)O. The van der Waals surface area contributed by atoms with Gasteiger partial charge in [0.25, 0.3) is 0 Å². The monoisotopic (exact) mass is 203 g/mol. The van der Waals surface area contributed by atoms with Crippen molar-refractivity contribution in [2.45, 2.75) is 19.1 Å².